The molecule has 0 bridgehead atoms. The monoisotopic (exact) mass is 1210 g/mol. The average molecular weight is 1210 g/mol. The fraction of sp³-hybridized carbons (Fsp3) is 0.122. The lowest BCUT2D eigenvalue weighted by atomic mass is 9.99. The molecule has 0 spiro atoms. The summed E-state index contributed by atoms with van der Waals surface area (Å²) >= 11 is 6.36. The maximum atomic E-state index is 6.36. The van der Waals surface area contributed by atoms with Crippen LogP contribution in [0.15, 0.2) is 334 Å². The van der Waals surface area contributed by atoms with E-state index in [0.29, 0.717) is 42.2 Å². The first-order chi connectivity index (χ1) is 44.8. The molecule has 0 fully saturated rings. The van der Waals surface area contributed by atoms with E-state index in [1.165, 1.54) is 0 Å². The number of allylic oxidation sites excluding steroid dienone is 12. The first-order valence-electron chi connectivity index (χ1n) is 29.9. The second-order valence-corrected chi connectivity index (χ2v) is 20.7. The summed E-state index contributed by atoms with van der Waals surface area (Å²) in [4.78, 5) is 19.9. The summed E-state index contributed by atoms with van der Waals surface area (Å²) in [6.07, 6.45) is 24.0. The molecule has 0 amide bonds. The number of alkyl halides is 1. The van der Waals surface area contributed by atoms with Gasteiger partial charge in [-0.3, -0.25) is 0 Å². The molecule has 0 saturated heterocycles. The average Bonchev–Trinajstić information content (AvgIpc) is 2.27. The van der Waals surface area contributed by atoms with Crippen molar-refractivity contribution in [3.63, 3.8) is 0 Å². The van der Waals surface area contributed by atoms with Gasteiger partial charge in [-0.15, -0.1) is 11.6 Å². The number of hydrogen-bond donors (Lipinski definition) is 0. The van der Waals surface area contributed by atoms with Crippen LogP contribution in [0.25, 0.3) is 22.3 Å². The SMILES string of the molecule is C/C=C(\C=C/C/C=C(\C=C/C/C=C(\C=C/C/C=C(\C=C(\C)CCl)N=C=C(c1ccccc1)c1ccc(OC)cc1)N=C=C(c1ccccc1)c1ccc(OC)cc1)N=C=C(c1ccccc1)c1ccc(OC)cc1)N=C=C(c1ccccc1)c1ccc(OC)cc1. The maximum Gasteiger partial charge on any atom is 0.118 e. The summed E-state index contributed by atoms with van der Waals surface area (Å²) in [5, 5.41) is 0. The highest BCUT2D eigenvalue weighted by molar-refractivity contribution is 6.19. The highest BCUT2D eigenvalue weighted by atomic mass is 35.5. The fourth-order valence-corrected chi connectivity index (χ4v) is 9.25. The Kier molecular flexibility index (Phi) is 26.3. The number of rotatable bonds is 27. The van der Waals surface area contributed by atoms with Crippen LogP contribution >= 0.6 is 11.6 Å². The third-order valence-electron chi connectivity index (χ3n) is 14.1. The first kappa shape index (κ1) is 65.9. The largest absolute Gasteiger partial charge is 0.497 e. The van der Waals surface area contributed by atoms with E-state index in [1.54, 1.807) is 28.4 Å². The van der Waals surface area contributed by atoms with Crippen molar-refractivity contribution in [3.05, 3.63) is 358 Å². The van der Waals surface area contributed by atoms with Gasteiger partial charge in [0.1, 0.15) is 23.0 Å². The smallest absolute Gasteiger partial charge is 0.118 e. The number of nitrogens with zero attached hydrogens (tertiary/aromatic N) is 4. The van der Waals surface area contributed by atoms with E-state index in [0.717, 1.165) is 101 Å². The third kappa shape index (κ3) is 20.8. The van der Waals surface area contributed by atoms with Gasteiger partial charge in [-0.2, -0.15) is 0 Å². The van der Waals surface area contributed by atoms with E-state index in [9.17, 15) is 0 Å². The summed E-state index contributed by atoms with van der Waals surface area (Å²) < 4.78 is 21.9. The van der Waals surface area contributed by atoms with Crippen molar-refractivity contribution in [3.8, 4) is 23.0 Å². The Morgan fingerprint density at radius 2 is 0.582 bits per heavy atom. The summed E-state index contributed by atoms with van der Waals surface area (Å²) in [6, 6.07) is 72.3. The topological polar surface area (TPSA) is 86.4 Å². The molecule has 0 aliphatic heterocycles. The van der Waals surface area contributed by atoms with Crippen molar-refractivity contribution in [2.75, 3.05) is 34.3 Å². The summed E-state index contributed by atoms with van der Waals surface area (Å²) in [6.45, 7) is 3.96. The van der Waals surface area contributed by atoms with Crippen molar-refractivity contribution in [2.24, 2.45) is 20.0 Å². The molecule has 0 aliphatic carbocycles. The van der Waals surface area contributed by atoms with Gasteiger partial charge in [0, 0.05) is 5.88 Å². The van der Waals surface area contributed by atoms with E-state index >= 15 is 0 Å². The highest BCUT2D eigenvalue weighted by Crippen LogP contribution is 2.28. The van der Waals surface area contributed by atoms with Gasteiger partial charge in [-0.1, -0.05) is 169 Å². The molecular weight excluding hydrogens is 1140 g/mol. The lowest BCUT2D eigenvalue weighted by Gasteiger charge is -2.06. The van der Waals surface area contributed by atoms with Crippen LogP contribution in [0.3, 0.4) is 0 Å². The maximum absolute atomic E-state index is 6.36. The van der Waals surface area contributed by atoms with Gasteiger partial charge in [-0.25, -0.2) is 20.0 Å². The standard InChI is InChI=1S/C82H73ClN4O4/c1-7-71(84-58-79(63-26-12-8-13-27-63)67-40-48-75(88-3)49-41-67)34-20-21-35-72(85-59-80(64-28-14-9-15-29-64)68-42-50-76(89-4)51-43-68)36-22-23-37-73(86-60-81(65-30-16-10-17-31-65)69-44-52-77(90-5)53-45-69)38-24-25-39-74(56-62(2)57-83)87-61-82(66-32-18-11-19-33-66)70-46-54-78(91-6)55-47-70/h7-20,22,24,26-56H,21,23,25,57H2,1-6H3/b34-20-,36-22-,38-24-,62-56-,71-7+,72-35+,73-37+,74-39+. The Hall–Kier alpha value is -11.0. The predicted molar refractivity (Wildman–Crippen MR) is 381 cm³/mol. The van der Waals surface area contributed by atoms with Crippen LogP contribution in [0.4, 0.5) is 0 Å². The first-order valence-corrected chi connectivity index (χ1v) is 30.4. The van der Waals surface area contributed by atoms with Gasteiger partial charge in [0.05, 0.1) is 73.5 Å². The van der Waals surface area contributed by atoms with Gasteiger partial charge in [0.15, 0.2) is 0 Å². The van der Waals surface area contributed by atoms with E-state index in [-0.39, 0.29) is 0 Å². The molecule has 452 valence electrons. The minimum Gasteiger partial charge on any atom is -0.497 e. The molecule has 0 N–H and O–H groups in total. The third-order valence-corrected chi connectivity index (χ3v) is 14.5. The van der Waals surface area contributed by atoms with Crippen LogP contribution in [0.2, 0.25) is 0 Å². The summed E-state index contributed by atoms with van der Waals surface area (Å²) in [5.41, 5.74) is 15.0. The van der Waals surface area contributed by atoms with E-state index in [2.05, 4.69) is 108 Å². The highest BCUT2D eigenvalue weighted by Gasteiger charge is 2.10. The number of methoxy groups -OCH3 is 4. The van der Waals surface area contributed by atoms with Crippen LogP contribution in [0.5, 0.6) is 23.0 Å². The van der Waals surface area contributed by atoms with Crippen LogP contribution in [-0.4, -0.2) is 57.8 Å². The number of halogens is 1. The molecule has 8 aromatic carbocycles. The van der Waals surface area contributed by atoms with Crippen molar-refractivity contribution < 1.29 is 18.9 Å². The fourth-order valence-electron chi connectivity index (χ4n) is 9.18. The second-order valence-electron chi connectivity index (χ2n) is 20.4. The molecule has 8 rings (SSSR count). The van der Waals surface area contributed by atoms with E-state index < -0.39 is 0 Å². The zero-order chi connectivity index (χ0) is 63.7. The molecule has 0 saturated carbocycles. The van der Waals surface area contributed by atoms with Crippen LogP contribution < -0.4 is 18.9 Å². The minimum absolute atomic E-state index is 0.356. The molecule has 0 heterocycles. The Morgan fingerprint density at radius 3 is 0.846 bits per heavy atom. The molecule has 0 radical (unpaired) electrons. The van der Waals surface area contributed by atoms with E-state index in [4.69, 9.17) is 50.5 Å². The lowest BCUT2D eigenvalue weighted by Crippen LogP contribution is -1.90. The molecule has 9 heteroatoms. The second kappa shape index (κ2) is 36.3. The molecule has 0 aromatic heterocycles. The lowest BCUT2D eigenvalue weighted by molar-refractivity contribution is 0.414. The van der Waals surface area contributed by atoms with Gasteiger partial charge in [0.25, 0.3) is 0 Å². The van der Waals surface area contributed by atoms with Gasteiger partial charge < -0.3 is 18.9 Å². The van der Waals surface area contributed by atoms with Crippen LogP contribution in [0, 0.1) is 0 Å². The van der Waals surface area contributed by atoms with E-state index in [1.807, 2.05) is 214 Å². The van der Waals surface area contributed by atoms with Crippen molar-refractivity contribution >= 4 is 57.4 Å². The molecule has 8 nitrogen and oxygen atoms in total. The van der Waals surface area contributed by atoms with Crippen molar-refractivity contribution in [1.29, 1.82) is 0 Å². The quantitative estimate of drug-likeness (QED) is 0.0292. The number of hydrogen-bond acceptors (Lipinski definition) is 8. The molecular formula is C82H73ClN4O4. The molecule has 91 heavy (non-hydrogen) atoms. The molecule has 0 unspecified atom stereocenters. The predicted octanol–water partition coefficient (Wildman–Crippen LogP) is 19.8. The molecule has 8 aromatic rings. The number of aliphatic imine (C=N–C) groups is 4. The Morgan fingerprint density at radius 1 is 0.341 bits per heavy atom. The number of benzene rings is 8. The van der Waals surface area contributed by atoms with Crippen LogP contribution in [0.1, 0.15) is 77.6 Å². The van der Waals surface area contributed by atoms with Crippen molar-refractivity contribution in [2.45, 2.75) is 33.1 Å². The van der Waals surface area contributed by atoms with Crippen molar-refractivity contribution in [1.82, 2.24) is 0 Å². The Balaban J connectivity index is 1.18. The molecule has 0 atom stereocenters. The Bertz CT molecular complexity index is 4200. The zero-order valence-corrected chi connectivity index (χ0v) is 53.0. The normalized spacial score (nSPS) is 11.9. The summed E-state index contributed by atoms with van der Waals surface area (Å²) in [7, 11) is 6.65. The Labute approximate surface area is 541 Å². The molecule has 0 aliphatic rings. The summed E-state index contributed by atoms with van der Waals surface area (Å²) in [5.74, 6) is 17.1. The van der Waals surface area contributed by atoms with Gasteiger partial charge in [0.2, 0.25) is 0 Å². The minimum atomic E-state index is 0.356. The van der Waals surface area contributed by atoms with Gasteiger partial charge >= 0.3 is 0 Å². The van der Waals surface area contributed by atoms with Gasteiger partial charge in [-0.05, 0) is 222 Å². The number of ether oxygens (including phenoxy) is 4. The van der Waals surface area contributed by atoms with Crippen LogP contribution in [-0.2, 0) is 0 Å². The zero-order valence-electron chi connectivity index (χ0n) is 52.3.